The zero-order valence-corrected chi connectivity index (χ0v) is 25.3. The number of nitrogens with two attached hydrogens (primary N) is 2. The molecule has 11 heteroatoms. The zero-order chi connectivity index (χ0) is 28.5. The largest absolute Gasteiger partial charge is 1.00 e. The highest BCUT2D eigenvalue weighted by molar-refractivity contribution is 6.31. The van der Waals surface area contributed by atoms with Gasteiger partial charge in [0.1, 0.15) is 11.5 Å². The van der Waals surface area contributed by atoms with Crippen LogP contribution in [0.1, 0.15) is 47.3 Å². The molecule has 0 aliphatic carbocycles. The third kappa shape index (κ3) is 8.86. The van der Waals surface area contributed by atoms with Gasteiger partial charge in [-0.2, -0.15) is 0 Å². The fraction of sp³-hybridized carbons (Fsp3) is 0.433. The molecule has 9 nitrogen and oxygen atoms in total. The van der Waals surface area contributed by atoms with Crippen molar-refractivity contribution in [1.29, 1.82) is 0 Å². The Balaban J connectivity index is 0.00000462. The predicted octanol–water partition coefficient (Wildman–Crippen LogP) is 1.29. The minimum Gasteiger partial charge on any atom is -1.00 e. The number of piperidine rings is 1. The van der Waals surface area contributed by atoms with Crippen LogP contribution in [0.4, 0.5) is 11.6 Å². The number of aromatic nitrogens is 2. The number of nitrogens with zero attached hydrogens (tertiary/aromatic N) is 3. The van der Waals surface area contributed by atoms with Gasteiger partial charge in [-0.25, -0.2) is 9.97 Å². The van der Waals surface area contributed by atoms with Gasteiger partial charge in [0.25, 0.3) is 5.91 Å². The average molecular weight is 604 g/mol. The van der Waals surface area contributed by atoms with E-state index in [1.54, 1.807) is 14.2 Å². The van der Waals surface area contributed by atoms with E-state index >= 15 is 0 Å². The van der Waals surface area contributed by atoms with E-state index in [2.05, 4.69) is 39.6 Å². The first-order valence-electron chi connectivity index (χ1n) is 13.8. The van der Waals surface area contributed by atoms with Gasteiger partial charge in [0.15, 0.2) is 22.5 Å². The first kappa shape index (κ1) is 32.2. The predicted molar refractivity (Wildman–Crippen MR) is 159 cm³/mol. The van der Waals surface area contributed by atoms with Crippen molar-refractivity contribution >= 4 is 29.1 Å². The molecule has 3 aromatic rings. The van der Waals surface area contributed by atoms with Crippen LogP contribution in [0.15, 0.2) is 48.5 Å². The number of hydrogen-bond donors (Lipinski definition) is 3. The Morgan fingerprint density at radius 1 is 0.927 bits per heavy atom. The standard InChI is InChI=1S/C30H39ClN6O3.ClH/c1-39-24-13-9-21(10-14-24)6-3-17-37(18-4-7-22-11-15-25(40-2)16-12-22)19-5-8-23(20-37)34-30(38)26-28(32)36-29(33)27(31)35-26;/h9-16,23H,3-8,17-20H2,1-2H3,(H4-,32,33,34,36,38);1H/t23-;/m1./s1. The van der Waals surface area contributed by atoms with Gasteiger partial charge in [-0.15, -0.1) is 0 Å². The van der Waals surface area contributed by atoms with E-state index in [4.69, 9.17) is 32.5 Å². The van der Waals surface area contributed by atoms with Crippen LogP contribution >= 0.6 is 11.6 Å². The fourth-order valence-corrected chi connectivity index (χ4v) is 5.77. The SMILES string of the molecule is COc1ccc(CCC[N+]2(CCCc3ccc(OC)cc3)CCC[C@@H](NC(=O)c3nc(Cl)c(N)nc3N)C2)cc1.[Cl-]. The molecule has 2 aromatic carbocycles. The molecule has 0 unspecified atom stereocenters. The molecule has 4 rings (SSSR count). The molecular weight excluding hydrogens is 563 g/mol. The van der Waals surface area contributed by atoms with E-state index in [0.29, 0.717) is 0 Å². The molecular formula is C30H40Cl2N6O3. The maximum atomic E-state index is 13.1. The molecule has 0 radical (unpaired) electrons. The van der Waals surface area contributed by atoms with Crippen molar-refractivity contribution in [3.8, 4) is 11.5 Å². The smallest absolute Gasteiger partial charge is 0.274 e. The van der Waals surface area contributed by atoms with Crippen molar-refractivity contribution in [2.24, 2.45) is 0 Å². The second-order valence-electron chi connectivity index (χ2n) is 10.5. The van der Waals surface area contributed by atoms with Crippen molar-refractivity contribution in [3.63, 3.8) is 0 Å². The number of nitrogen functional groups attached to an aromatic ring is 2. The van der Waals surface area contributed by atoms with Crippen LogP contribution in [-0.4, -0.2) is 66.8 Å². The number of likely N-dealkylation sites (tertiary alicyclic amines) is 1. The van der Waals surface area contributed by atoms with E-state index in [-0.39, 0.29) is 46.8 Å². The van der Waals surface area contributed by atoms with Crippen LogP contribution in [0.5, 0.6) is 11.5 Å². The highest BCUT2D eigenvalue weighted by atomic mass is 35.5. The van der Waals surface area contributed by atoms with Gasteiger partial charge in [-0.3, -0.25) is 4.79 Å². The van der Waals surface area contributed by atoms with Crippen molar-refractivity contribution < 1.29 is 31.2 Å². The minimum atomic E-state index is -0.367. The Hall–Kier alpha value is -3.27. The second-order valence-corrected chi connectivity index (χ2v) is 10.9. The number of ether oxygens (including phenoxy) is 2. The molecule has 1 aliphatic heterocycles. The Bertz CT molecular complexity index is 1220. The number of quaternary nitrogens is 1. The van der Waals surface area contributed by atoms with Crippen LogP contribution in [0, 0.1) is 0 Å². The highest BCUT2D eigenvalue weighted by Crippen LogP contribution is 2.24. The number of nitrogens with one attached hydrogen (secondary N) is 1. The van der Waals surface area contributed by atoms with E-state index in [9.17, 15) is 4.79 Å². The Morgan fingerprint density at radius 3 is 1.98 bits per heavy atom. The van der Waals surface area contributed by atoms with E-state index in [1.165, 1.54) is 11.1 Å². The summed E-state index contributed by atoms with van der Waals surface area (Å²) in [4.78, 5) is 21.1. The van der Waals surface area contributed by atoms with Gasteiger partial charge in [0, 0.05) is 12.8 Å². The van der Waals surface area contributed by atoms with Crippen LogP contribution in [0.25, 0.3) is 0 Å². The second kappa shape index (κ2) is 15.1. The molecule has 1 aromatic heterocycles. The zero-order valence-electron chi connectivity index (χ0n) is 23.7. The number of anilines is 2. The lowest BCUT2D eigenvalue weighted by Gasteiger charge is -2.45. The number of aryl methyl sites for hydroxylation is 2. The molecule has 222 valence electrons. The summed E-state index contributed by atoms with van der Waals surface area (Å²) in [6, 6.07) is 16.6. The summed E-state index contributed by atoms with van der Waals surface area (Å²) >= 11 is 6.02. The van der Waals surface area contributed by atoms with Crippen LogP contribution in [0.2, 0.25) is 5.15 Å². The quantitative estimate of drug-likeness (QED) is 0.267. The van der Waals surface area contributed by atoms with Gasteiger partial charge in [-0.1, -0.05) is 35.9 Å². The summed E-state index contributed by atoms with van der Waals surface area (Å²) in [6.07, 6.45) is 6.03. The third-order valence-electron chi connectivity index (χ3n) is 7.76. The lowest BCUT2D eigenvalue weighted by molar-refractivity contribution is -0.933. The molecule has 1 fully saturated rings. The van der Waals surface area contributed by atoms with Crippen molar-refractivity contribution in [1.82, 2.24) is 15.3 Å². The number of rotatable bonds is 12. The summed E-state index contributed by atoms with van der Waals surface area (Å²) in [5.74, 6) is 1.36. The topological polar surface area (TPSA) is 125 Å². The summed E-state index contributed by atoms with van der Waals surface area (Å²) in [6.45, 7) is 4.02. The average Bonchev–Trinajstić information content (AvgIpc) is 2.96. The number of methoxy groups -OCH3 is 2. The normalized spacial score (nSPS) is 15.9. The van der Waals surface area contributed by atoms with Crippen LogP contribution < -0.4 is 38.7 Å². The number of amides is 1. The van der Waals surface area contributed by atoms with Gasteiger partial charge in [0.2, 0.25) is 0 Å². The molecule has 0 saturated carbocycles. The molecule has 0 bridgehead atoms. The molecule has 41 heavy (non-hydrogen) atoms. The maximum Gasteiger partial charge on any atom is 0.274 e. The molecule has 1 saturated heterocycles. The van der Waals surface area contributed by atoms with Gasteiger partial charge in [-0.05, 0) is 61.1 Å². The Morgan fingerprint density at radius 2 is 1.46 bits per heavy atom. The van der Waals surface area contributed by atoms with E-state index in [0.717, 1.165) is 80.7 Å². The summed E-state index contributed by atoms with van der Waals surface area (Å²) in [5, 5.41) is 3.13. The van der Waals surface area contributed by atoms with Crippen molar-refractivity contribution in [2.45, 2.75) is 44.6 Å². The minimum absolute atomic E-state index is 0. The van der Waals surface area contributed by atoms with E-state index in [1.807, 2.05) is 24.3 Å². The molecule has 0 spiro atoms. The number of hydrogen-bond acceptors (Lipinski definition) is 7. The summed E-state index contributed by atoms with van der Waals surface area (Å²) in [7, 11) is 3.37. The summed E-state index contributed by atoms with van der Waals surface area (Å²) in [5.41, 5.74) is 14.2. The number of halogens is 2. The lowest BCUT2D eigenvalue weighted by Crippen LogP contribution is -3.00. The van der Waals surface area contributed by atoms with Gasteiger partial charge >= 0.3 is 0 Å². The molecule has 1 amide bonds. The number of benzene rings is 2. The number of carbonyl (C=O) groups is 1. The third-order valence-corrected chi connectivity index (χ3v) is 8.04. The molecule has 2 heterocycles. The molecule has 5 N–H and O–H groups in total. The maximum absolute atomic E-state index is 13.1. The molecule has 1 atom stereocenters. The van der Waals surface area contributed by atoms with Crippen LogP contribution in [-0.2, 0) is 12.8 Å². The fourth-order valence-electron chi connectivity index (χ4n) is 5.64. The van der Waals surface area contributed by atoms with E-state index < -0.39 is 0 Å². The number of carbonyl (C=O) groups excluding carboxylic acids is 1. The van der Waals surface area contributed by atoms with Gasteiger partial charge < -0.3 is 43.1 Å². The first-order valence-corrected chi connectivity index (χ1v) is 14.2. The van der Waals surface area contributed by atoms with Crippen LogP contribution in [0.3, 0.4) is 0 Å². The highest BCUT2D eigenvalue weighted by Gasteiger charge is 2.35. The first-order chi connectivity index (χ1) is 19.3. The Labute approximate surface area is 253 Å². The molecule has 1 aliphatic rings. The van der Waals surface area contributed by atoms with Crippen molar-refractivity contribution in [3.05, 3.63) is 70.5 Å². The van der Waals surface area contributed by atoms with Crippen molar-refractivity contribution in [2.75, 3.05) is 51.9 Å². The van der Waals surface area contributed by atoms with Gasteiger partial charge in [0.05, 0.1) is 46.4 Å². The lowest BCUT2D eigenvalue weighted by atomic mass is 9.99. The Kier molecular flexibility index (Phi) is 11.9. The monoisotopic (exact) mass is 602 g/mol. The summed E-state index contributed by atoms with van der Waals surface area (Å²) < 4.78 is 11.6.